The van der Waals surface area contributed by atoms with Crippen LogP contribution in [0.4, 0.5) is 0 Å². The number of amides is 2. The number of carbonyl (C=O) groups is 2. The van der Waals surface area contributed by atoms with E-state index in [0.717, 1.165) is 5.56 Å². The highest BCUT2D eigenvalue weighted by Gasteiger charge is 2.26. The molecule has 0 spiro atoms. The molecule has 0 aromatic heterocycles. The summed E-state index contributed by atoms with van der Waals surface area (Å²) in [5.41, 5.74) is 1.46. The first-order valence-electron chi connectivity index (χ1n) is 8.81. The molecule has 0 bridgehead atoms. The fourth-order valence-electron chi connectivity index (χ4n) is 3.30. The molecule has 2 aliphatic heterocycles. The second-order valence-corrected chi connectivity index (χ2v) is 6.98. The molecule has 140 valence electrons. The Bertz CT molecular complexity index is 878. The number of hydrogen-bond acceptors (Lipinski definition) is 4. The Balaban J connectivity index is 1.34. The van der Waals surface area contributed by atoms with Gasteiger partial charge in [-0.2, -0.15) is 0 Å². The molecule has 2 aromatic rings. The molecule has 1 fully saturated rings. The van der Waals surface area contributed by atoms with Crippen molar-refractivity contribution in [2.24, 2.45) is 0 Å². The van der Waals surface area contributed by atoms with E-state index in [1.54, 1.807) is 40.1 Å². The van der Waals surface area contributed by atoms with E-state index in [2.05, 4.69) is 0 Å². The second kappa shape index (κ2) is 7.48. The van der Waals surface area contributed by atoms with Crippen LogP contribution in [0, 0.1) is 0 Å². The maximum atomic E-state index is 12.7. The SMILES string of the molecule is O=C(Cc1cccc(Cl)c1)N1CCN(C(=O)c2ccc3c(c2)OCO3)CC1. The highest BCUT2D eigenvalue weighted by atomic mass is 35.5. The maximum Gasteiger partial charge on any atom is 0.254 e. The van der Waals surface area contributed by atoms with Crippen LogP contribution in [-0.2, 0) is 11.2 Å². The van der Waals surface area contributed by atoms with Gasteiger partial charge in [0.15, 0.2) is 11.5 Å². The molecular formula is C20H19ClN2O4. The van der Waals surface area contributed by atoms with Crippen LogP contribution in [0.15, 0.2) is 42.5 Å². The minimum absolute atomic E-state index is 0.0486. The average Bonchev–Trinajstić information content (AvgIpc) is 3.15. The summed E-state index contributed by atoms with van der Waals surface area (Å²) in [5.74, 6) is 1.24. The largest absolute Gasteiger partial charge is 0.454 e. The Labute approximate surface area is 162 Å². The zero-order valence-electron chi connectivity index (χ0n) is 14.7. The van der Waals surface area contributed by atoms with Crippen molar-refractivity contribution in [3.8, 4) is 11.5 Å². The molecule has 4 rings (SSSR count). The van der Waals surface area contributed by atoms with Gasteiger partial charge in [-0.25, -0.2) is 0 Å². The van der Waals surface area contributed by atoms with Gasteiger partial charge in [0.2, 0.25) is 12.7 Å². The number of nitrogens with zero attached hydrogens (tertiary/aromatic N) is 2. The summed E-state index contributed by atoms with van der Waals surface area (Å²) in [4.78, 5) is 28.8. The van der Waals surface area contributed by atoms with E-state index < -0.39 is 0 Å². The monoisotopic (exact) mass is 386 g/mol. The van der Waals surface area contributed by atoms with E-state index in [1.807, 2.05) is 12.1 Å². The average molecular weight is 387 g/mol. The highest BCUT2D eigenvalue weighted by Crippen LogP contribution is 2.32. The van der Waals surface area contributed by atoms with E-state index in [0.29, 0.717) is 54.7 Å². The highest BCUT2D eigenvalue weighted by molar-refractivity contribution is 6.30. The van der Waals surface area contributed by atoms with Gasteiger partial charge >= 0.3 is 0 Å². The fraction of sp³-hybridized carbons (Fsp3) is 0.300. The Hall–Kier alpha value is -2.73. The van der Waals surface area contributed by atoms with E-state index in [-0.39, 0.29) is 18.6 Å². The van der Waals surface area contributed by atoms with Gasteiger partial charge < -0.3 is 19.3 Å². The second-order valence-electron chi connectivity index (χ2n) is 6.55. The Morgan fingerprint density at radius 1 is 0.926 bits per heavy atom. The lowest BCUT2D eigenvalue weighted by molar-refractivity contribution is -0.131. The smallest absolute Gasteiger partial charge is 0.254 e. The molecule has 0 atom stereocenters. The molecule has 0 saturated carbocycles. The third-order valence-electron chi connectivity index (χ3n) is 4.78. The molecule has 0 aliphatic carbocycles. The van der Waals surface area contributed by atoms with Crippen LogP contribution in [0.3, 0.4) is 0 Å². The number of halogens is 1. The van der Waals surface area contributed by atoms with Crippen molar-refractivity contribution in [2.45, 2.75) is 6.42 Å². The van der Waals surface area contributed by atoms with Crippen molar-refractivity contribution < 1.29 is 19.1 Å². The van der Waals surface area contributed by atoms with Crippen molar-refractivity contribution in [2.75, 3.05) is 33.0 Å². The van der Waals surface area contributed by atoms with Crippen molar-refractivity contribution >= 4 is 23.4 Å². The van der Waals surface area contributed by atoms with Crippen LogP contribution >= 0.6 is 11.6 Å². The zero-order valence-corrected chi connectivity index (χ0v) is 15.4. The number of ether oxygens (including phenoxy) is 2. The van der Waals surface area contributed by atoms with E-state index >= 15 is 0 Å². The fourth-order valence-corrected chi connectivity index (χ4v) is 3.52. The van der Waals surface area contributed by atoms with Crippen molar-refractivity contribution in [1.29, 1.82) is 0 Å². The summed E-state index contributed by atoms with van der Waals surface area (Å²) in [7, 11) is 0. The van der Waals surface area contributed by atoms with E-state index in [1.165, 1.54) is 0 Å². The summed E-state index contributed by atoms with van der Waals surface area (Å²) in [6.07, 6.45) is 0.316. The number of hydrogen-bond donors (Lipinski definition) is 0. The van der Waals surface area contributed by atoms with Crippen molar-refractivity contribution in [3.05, 3.63) is 58.6 Å². The first-order valence-corrected chi connectivity index (χ1v) is 9.19. The molecule has 7 heteroatoms. The first-order chi connectivity index (χ1) is 13.1. The first kappa shape index (κ1) is 17.7. The molecule has 0 unspecified atom stereocenters. The van der Waals surface area contributed by atoms with E-state index in [4.69, 9.17) is 21.1 Å². The van der Waals surface area contributed by atoms with Gasteiger partial charge in [0.1, 0.15) is 0 Å². The molecule has 27 heavy (non-hydrogen) atoms. The van der Waals surface area contributed by atoms with Crippen LogP contribution in [0.5, 0.6) is 11.5 Å². The van der Waals surface area contributed by atoms with Gasteiger partial charge in [-0.05, 0) is 35.9 Å². The van der Waals surface area contributed by atoms with Crippen LogP contribution in [-0.4, -0.2) is 54.6 Å². The summed E-state index contributed by atoms with van der Waals surface area (Å²) >= 11 is 5.98. The van der Waals surface area contributed by atoms with Gasteiger partial charge in [-0.3, -0.25) is 9.59 Å². The number of piperazine rings is 1. The summed E-state index contributed by atoms with van der Waals surface area (Å²) < 4.78 is 10.6. The normalized spacial score (nSPS) is 15.7. The number of fused-ring (bicyclic) bond motifs is 1. The van der Waals surface area contributed by atoms with Gasteiger partial charge in [0, 0.05) is 36.8 Å². The third-order valence-corrected chi connectivity index (χ3v) is 5.02. The molecule has 1 saturated heterocycles. The Morgan fingerprint density at radius 3 is 2.44 bits per heavy atom. The summed E-state index contributed by atoms with van der Waals surface area (Å²) in [6.45, 7) is 2.24. The maximum absolute atomic E-state index is 12.7. The quantitative estimate of drug-likeness (QED) is 0.813. The molecular weight excluding hydrogens is 368 g/mol. The summed E-state index contributed by atoms with van der Waals surface area (Å²) in [5, 5.41) is 0.624. The zero-order chi connectivity index (χ0) is 18.8. The minimum Gasteiger partial charge on any atom is -0.454 e. The third kappa shape index (κ3) is 3.85. The predicted octanol–water partition coefficient (Wildman–Crippen LogP) is 2.60. The minimum atomic E-state index is -0.0600. The molecule has 2 aliphatic rings. The van der Waals surface area contributed by atoms with Gasteiger partial charge in [0.25, 0.3) is 5.91 Å². The summed E-state index contributed by atoms with van der Waals surface area (Å²) in [6, 6.07) is 12.5. The molecule has 0 N–H and O–H groups in total. The molecule has 6 nitrogen and oxygen atoms in total. The Morgan fingerprint density at radius 2 is 1.67 bits per heavy atom. The lowest BCUT2D eigenvalue weighted by Crippen LogP contribution is -2.51. The lowest BCUT2D eigenvalue weighted by atomic mass is 10.1. The van der Waals surface area contributed by atoms with Crippen LogP contribution in [0.2, 0.25) is 5.02 Å². The Kier molecular flexibility index (Phi) is 4.90. The molecule has 0 radical (unpaired) electrons. The molecule has 2 aromatic carbocycles. The lowest BCUT2D eigenvalue weighted by Gasteiger charge is -2.35. The van der Waals surface area contributed by atoms with E-state index in [9.17, 15) is 9.59 Å². The number of benzene rings is 2. The molecule has 2 heterocycles. The van der Waals surface area contributed by atoms with Gasteiger partial charge in [0.05, 0.1) is 6.42 Å². The standard InChI is InChI=1S/C20H19ClN2O4/c21-16-3-1-2-14(10-16)11-19(24)22-6-8-23(9-7-22)20(25)15-4-5-17-18(12-15)27-13-26-17/h1-5,10,12H,6-9,11,13H2. The molecule has 2 amide bonds. The van der Waals surface area contributed by atoms with Gasteiger partial charge in [-0.1, -0.05) is 23.7 Å². The van der Waals surface area contributed by atoms with Crippen LogP contribution in [0.1, 0.15) is 15.9 Å². The van der Waals surface area contributed by atoms with Gasteiger partial charge in [-0.15, -0.1) is 0 Å². The van der Waals surface area contributed by atoms with Crippen LogP contribution in [0.25, 0.3) is 0 Å². The topological polar surface area (TPSA) is 59.1 Å². The van der Waals surface area contributed by atoms with Crippen molar-refractivity contribution in [1.82, 2.24) is 9.80 Å². The number of rotatable bonds is 3. The predicted molar refractivity (Wildman–Crippen MR) is 100 cm³/mol. The van der Waals surface area contributed by atoms with Crippen molar-refractivity contribution in [3.63, 3.8) is 0 Å². The van der Waals surface area contributed by atoms with Crippen LogP contribution < -0.4 is 9.47 Å². The number of carbonyl (C=O) groups excluding carboxylic acids is 2.